The monoisotopic (exact) mass is 448 g/mol. The maximum Gasteiger partial charge on any atom is 0.237 e. The van der Waals surface area contributed by atoms with Crippen molar-refractivity contribution in [1.29, 1.82) is 0 Å². The van der Waals surface area contributed by atoms with Crippen molar-refractivity contribution in [2.24, 2.45) is 0 Å². The number of carbonyl (C=O) groups excluding carboxylic acids is 1. The van der Waals surface area contributed by atoms with Gasteiger partial charge in [-0.3, -0.25) is 9.36 Å². The van der Waals surface area contributed by atoms with Crippen LogP contribution in [0, 0.1) is 0 Å². The average Bonchev–Trinajstić information content (AvgIpc) is 3.38. The molecule has 33 heavy (non-hydrogen) atoms. The Labute approximate surface area is 195 Å². The van der Waals surface area contributed by atoms with E-state index in [1.807, 2.05) is 35.0 Å². The first-order valence-corrected chi connectivity index (χ1v) is 11.6. The van der Waals surface area contributed by atoms with Crippen molar-refractivity contribution >= 4 is 11.7 Å². The maximum absolute atomic E-state index is 12.8. The Hall–Kier alpha value is -3.42. The Kier molecular flexibility index (Phi) is 7.22. The number of benzene rings is 1. The molecule has 4 rings (SSSR count). The molecule has 1 aromatic carbocycles. The van der Waals surface area contributed by atoms with Crippen LogP contribution in [0.25, 0.3) is 5.95 Å². The van der Waals surface area contributed by atoms with E-state index < -0.39 is 0 Å². The van der Waals surface area contributed by atoms with Crippen LogP contribution in [0.5, 0.6) is 5.75 Å². The Balaban J connectivity index is 1.48. The van der Waals surface area contributed by atoms with Gasteiger partial charge in [0.1, 0.15) is 17.9 Å². The summed E-state index contributed by atoms with van der Waals surface area (Å²) >= 11 is 0. The Morgan fingerprint density at radius 2 is 2.03 bits per heavy atom. The number of carbonyl (C=O) groups is 1. The number of piperidine rings is 1. The van der Waals surface area contributed by atoms with Gasteiger partial charge in [-0.1, -0.05) is 26.0 Å². The minimum Gasteiger partial charge on any atom is -0.497 e. The number of imidazole rings is 1. The van der Waals surface area contributed by atoms with E-state index in [2.05, 4.69) is 35.1 Å². The summed E-state index contributed by atoms with van der Waals surface area (Å²) in [6, 6.07) is 9.93. The van der Waals surface area contributed by atoms with Gasteiger partial charge in [-0.05, 0) is 42.9 Å². The molecule has 0 saturated carbocycles. The minimum absolute atomic E-state index is 0.0516. The smallest absolute Gasteiger partial charge is 0.237 e. The lowest BCUT2D eigenvalue weighted by atomic mass is 9.98. The molecule has 174 valence electrons. The summed E-state index contributed by atoms with van der Waals surface area (Å²) in [6.07, 6.45) is 8.90. The van der Waals surface area contributed by atoms with Crippen LogP contribution in [0.15, 0.2) is 49.1 Å². The number of anilines is 1. The van der Waals surface area contributed by atoms with Gasteiger partial charge in [-0.2, -0.15) is 4.98 Å². The molecule has 1 amide bonds. The van der Waals surface area contributed by atoms with E-state index >= 15 is 0 Å². The number of nitrogens with one attached hydrogen (secondary N) is 1. The fourth-order valence-corrected chi connectivity index (χ4v) is 4.12. The molecule has 1 atom stereocenters. The van der Waals surface area contributed by atoms with Gasteiger partial charge in [0.15, 0.2) is 0 Å². The third-order valence-electron chi connectivity index (χ3n) is 6.04. The fraction of sp³-hybridized carbons (Fsp3) is 0.440. The first-order chi connectivity index (χ1) is 16.0. The number of ether oxygens (including phenoxy) is 1. The third-order valence-corrected chi connectivity index (χ3v) is 6.04. The molecule has 8 nitrogen and oxygen atoms in total. The molecular formula is C25H32N6O2. The van der Waals surface area contributed by atoms with E-state index in [0.29, 0.717) is 18.9 Å². The first-order valence-electron chi connectivity index (χ1n) is 11.6. The fourth-order valence-electron chi connectivity index (χ4n) is 4.12. The molecule has 1 aliphatic rings. The lowest BCUT2D eigenvalue weighted by Gasteiger charge is -2.36. The van der Waals surface area contributed by atoms with Crippen molar-refractivity contribution in [3.8, 4) is 11.7 Å². The second kappa shape index (κ2) is 10.5. The highest BCUT2D eigenvalue weighted by Crippen LogP contribution is 2.28. The Morgan fingerprint density at radius 1 is 1.21 bits per heavy atom. The third kappa shape index (κ3) is 5.69. The SMILES string of the molecule is COc1ccc(CNC(=O)CC2CCCCN2c2cc(C(C)C)nc(-n3ccnc3)n2)cc1. The molecule has 0 radical (unpaired) electrons. The van der Waals surface area contributed by atoms with Crippen molar-refractivity contribution in [3.63, 3.8) is 0 Å². The van der Waals surface area contributed by atoms with Crippen LogP contribution in [0.2, 0.25) is 0 Å². The summed E-state index contributed by atoms with van der Waals surface area (Å²) < 4.78 is 7.03. The lowest BCUT2D eigenvalue weighted by Crippen LogP contribution is -2.43. The van der Waals surface area contributed by atoms with Crippen LogP contribution in [0.1, 0.15) is 56.7 Å². The van der Waals surface area contributed by atoms with Crippen LogP contribution in [0.3, 0.4) is 0 Å². The molecule has 1 fully saturated rings. The van der Waals surface area contributed by atoms with Crippen molar-refractivity contribution in [2.75, 3.05) is 18.6 Å². The van der Waals surface area contributed by atoms with E-state index in [-0.39, 0.29) is 17.9 Å². The van der Waals surface area contributed by atoms with Gasteiger partial charge in [0.2, 0.25) is 11.9 Å². The number of methoxy groups -OCH3 is 1. The van der Waals surface area contributed by atoms with Crippen LogP contribution >= 0.6 is 0 Å². The van der Waals surface area contributed by atoms with Crippen molar-refractivity contribution in [3.05, 3.63) is 60.3 Å². The molecule has 0 aliphatic carbocycles. The highest BCUT2D eigenvalue weighted by atomic mass is 16.5. The second-order valence-corrected chi connectivity index (χ2v) is 8.75. The second-order valence-electron chi connectivity index (χ2n) is 8.75. The predicted molar refractivity (Wildman–Crippen MR) is 128 cm³/mol. The van der Waals surface area contributed by atoms with Gasteiger partial charge in [0.25, 0.3) is 0 Å². The number of aromatic nitrogens is 4. The Bertz CT molecular complexity index is 1050. The standard InChI is InChI=1S/C25H32N6O2/c1-18(2)22-15-23(29-25(28-22)30-13-11-26-17-30)31-12-5-4-6-20(31)14-24(32)27-16-19-7-9-21(33-3)10-8-19/h7-11,13,15,17-18,20H,4-6,12,14,16H2,1-3H3,(H,27,32). The first kappa shape index (κ1) is 22.8. The minimum atomic E-state index is 0.0516. The lowest BCUT2D eigenvalue weighted by molar-refractivity contribution is -0.121. The molecule has 8 heteroatoms. The zero-order chi connectivity index (χ0) is 23.2. The van der Waals surface area contributed by atoms with E-state index in [9.17, 15) is 4.79 Å². The van der Waals surface area contributed by atoms with Gasteiger partial charge >= 0.3 is 0 Å². The summed E-state index contributed by atoms with van der Waals surface area (Å²) in [4.78, 5) is 28.8. The van der Waals surface area contributed by atoms with Gasteiger partial charge in [0.05, 0.1) is 12.8 Å². The van der Waals surface area contributed by atoms with Crippen LogP contribution in [0.4, 0.5) is 5.82 Å². The van der Waals surface area contributed by atoms with E-state index in [0.717, 1.165) is 48.6 Å². The van der Waals surface area contributed by atoms with Crippen molar-refractivity contribution in [1.82, 2.24) is 24.8 Å². The van der Waals surface area contributed by atoms with Crippen LogP contribution in [-0.4, -0.2) is 45.1 Å². The topological polar surface area (TPSA) is 85.2 Å². The highest BCUT2D eigenvalue weighted by Gasteiger charge is 2.27. The highest BCUT2D eigenvalue weighted by molar-refractivity contribution is 5.77. The zero-order valence-corrected chi connectivity index (χ0v) is 19.6. The van der Waals surface area contributed by atoms with Crippen LogP contribution in [-0.2, 0) is 11.3 Å². The molecule has 1 N–H and O–H groups in total. The Morgan fingerprint density at radius 3 is 2.73 bits per heavy atom. The molecule has 1 saturated heterocycles. The van der Waals surface area contributed by atoms with Crippen molar-refractivity contribution in [2.45, 2.75) is 58.0 Å². The molecule has 2 aromatic heterocycles. The van der Waals surface area contributed by atoms with E-state index in [1.54, 1.807) is 19.6 Å². The average molecular weight is 449 g/mol. The van der Waals surface area contributed by atoms with Gasteiger partial charge in [0, 0.05) is 44.0 Å². The summed E-state index contributed by atoms with van der Waals surface area (Å²) in [5, 5.41) is 3.07. The van der Waals surface area contributed by atoms with E-state index in [1.165, 1.54) is 0 Å². The molecule has 1 unspecified atom stereocenters. The maximum atomic E-state index is 12.8. The summed E-state index contributed by atoms with van der Waals surface area (Å²) in [6.45, 7) is 5.65. The molecule has 0 spiro atoms. The molecule has 3 heterocycles. The van der Waals surface area contributed by atoms with Gasteiger partial charge in [-0.15, -0.1) is 0 Å². The number of hydrogen-bond donors (Lipinski definition) is 1. The molecule has 3 aromatic rings. The number of hydrogen-bond acceptors (Lipinski definition) is 6. The quantitative estimate of drug-likeness (QED) is 0.563. The molecule has 1 aliphatic heterocycles. The van der Waals surface area contributed by atoms with Crippen LogP contribution < -0.4 is 15.0 Å². The largest absolute Gasteiger partial charge is 0.497 e. The zero-order valence-electron chi connectivity index (χ0n) is 19.6. The van der Waals surface area contributed by atoms with Crippen molar-refractivity contribution < 1.29 is 9.53 Å². The van der Waals surface area contributed by atoms with Gasteiger partial charge in [-0.25, -0.2) is 9.97 Å². The van der Waals surface area contributed by atoms with Gasteiger partial charge < -0.3 is 15.0 Å². The summed E-state index contributed by atoms with van der Waals surface area (Å²) in [7, 11) is 1.65. The number of amides is 1. The normalized spacial score (nSPS) is 16.1. The number of nitrogens with zero attached hydrogens (tertiary/aromatic N) is 5. The summed E-state index contributed by atoms with van der Waals surface area (Å²) in [5.74, 6) is 2.62. The summed E-state index contributed by atoms with van der Waals surface area (Å²) in [5.41, 5.74) is 2.03. The van der Waals surface area contributed by atoms with E-state index in [4.69, 9.17) is 14.7 Å². The predicted octanol–water partition coefficient (Wildman–Crippen LogP) is 3.86. The number of rotatable bonds is 8. The molecule has 0 bridgehead atoms. The molecular weight excluding hydrogens is 416 g/mol.